The van der Waals surface area contributed by atoms with Crippen LogP contribution in [0.15, 0.2) is 41.4 Å². The molecular weight excluding hydrogens is 375 g/mol. The van der Waals surface area contributed by atoms with Crippen molar-refractivity contribution in [1.82, 2.24) is 4.90 Å². The zero-order valence-electron chi connectivity index (χ0n) is 12.8. The number of aliphatic imine (C=N–C) groups is 1. The van der Waals surface area contributed by atoms with Crippen molar-refractivity contribution in [3.8, 4) is 0 Å². The summed E-state index contributed by atoms with van der Waals surface area (Å²) in [6, 6.07) is 8.54. The molecule has 1 aromatic rings. The molecule has 0 fully saturated rings. The molecule has 116 valence electrons. The predicted octanol–water partition coefficient (Wildman–Crippen LogP) is 2.84. The van der Waals surface area contributed by atoms with Crippen LogP contribution in [0.5, 0.6) is 0 Å². The monoisotopic (exact) mass is 400 g/mol. The van der Waals surface area contributed by atoms with Crippen LogP contribution in [0.1, 0.15) is 19.4 Å². The van der Waals surface area contributed by atoms with Gasteiger partial charge < -0.3 is 15.5 Å². The van der Waals surface area contributed by atoms with Gasteiger partial charge in [0.1, 0.15) is 0 Å². The molecule has 0 saturated carbocycles. The summed E-state index contributed by atoms with van der Waals surface area (Å²) < 4.78 is 0. The Hall–Kier alpha value is -1.24. The van der Waals surface area contributed by atoms with Crippen LogP contribution in [0.2, 0.25) is 0 Å². The molecular formula is C16H25IN4. The Morgan fingerprint density at radius 1 is 1.24 bits per heavy atom. The van der Waals surface area contributed by atoms with Gasteiger partial charge in [0.2, 0.25) is 0 Å². The Labute approximate surface area is 144 Å². The average molecular weight is 400 g/mol. The van der Waals surface area contributed by atoms with E-state index in [0.29, 0.717) is 12.5 Å². The molecule has 0 atom stereocenters. The van der Waals surface area contributed by atoms with Gasteiger partial charge in [-0.1, -0.05) is 24.3 Å². The zero-order chi connectivity index (χ0) is 14.4. The molecule has 1 aliphatic rings. The van der Waals surface area contributed by atoms with E-state index in [1.807, 2.05) is 0 Å². The molecule has 0 unspecified atom stereocenters. The topological polar surface area (TPSA) is 44.9 Å². The largest absolute Gasteiger partial charge is 0.370 e. The first-order valence-corrected chi connectivity index (χ1v) is 7.28. The van der Waals surface area contributed by atoms with Gasteiger partial charge in [-0.3, -0.25) is 0 Å². The summed E-state index contributed by atoms with van der Waals surface area (Å²) in [4.78, 5) is 8.89. The average Bonchev–Trinajstić information content (AvgIpc) is 3.01. The quantitative estimate of drug-likeness (QED) is 0.358. The third-order valence-corrected chi connectivity index (χ3v) is 3.61. The van der Waals surface area contributed by atoms with Gasteiger partial charge in [-0.25, -0.2) is 4.99 Å². The number of nitrogens with zero attached hydrogens (tertiary/aromatic N) is 3. The van der Waals surface area contributed by atoms with Gasteiger partial charge in [0.15, 0.2) is 5.96 Å². The lowest BCUT2D eigenvalue weighted by Gasteiger charge is -2.20. The molecule has 0 spiro atoms. The number of guanidine groups is 1. The first-order valence-electron chi connectivity index (χ1n) is 7.28. The van der Waals surface area contributed by atoms with Crippen LogP contribution in [-0.4, -0.2) is 37.0 Å². The van der Waals surface area contributed by atoms with Crippen LogP contribution >= 0.6 is 24.0 Å². The maximum atomic E-state index is 6.00. The van der Waals surface area contributed by atoms with Crippen LogP contribution in [0.4, 0.5) is 5.69 Å². The lowest BCUT2D eigenvalue weighted by molar-refractivity contribution is 0.458. The van der Waals surface area contributed by atoms with Gasteiger partial charge >= 0.3 is 0 Å². The third kappa shape index (κ3) is 4.91. The molecule has 0 radical (unpaired) electrons. The van der Waals surface area contributed by atoms with Crippen molar-refractivity contribution in [3.05, 3.63) is 42.0 Å². The van der Waals surface area contributed by atoms with Crippen LogP contribution in [0, 0.1) is 0 Å². The highest BCUT2D eigenvalue weighted by Crippen LogP contribution is 2.18. The van der Waals surface area contributed by atoms with Gasteiger partial charge in [-0.15, -0.1) is 24.0 Å². The van der Waals surface area contributed by atoms with E-state index in [9.17, 15) is 0 Å². The summed E-state index contributed by atoms with van der Waals surface area (Å²) in [7, 11) is 0. The number of rotatable bonds is 5. The molecule has 1 heterocycles. The van der Waals surface area contributed by atoms with Crippen LogP contribution < -0.4 is 10.6 Å². The number of hydrogen-bond acceptors (Lipinski definition) is 2. The van der Waals surface area contributed by atoms with Crippen molar-refractivity contribution in [2.24, 2.45) is 10.7 Å². The highest BCUT2D eigenvalue weighted by molar-refractivity contribution is 14.0. The van der Waals surface area contributed by atoms with Gasteiger partial charge in [-0.2, -0.15) is 0 Å². The van der Waals surface area contributed by atoms with Crippen molar-refractivity contribution < 1.29 is 0 Å². The van der Waals surface area contributed by atoms with E-state index in [1.165, 1.54) is 11.3 Å². The number of hydrogen-bond donors (Lipinski definition) is 1. The smallest absolute Gasteiger partial charge is 0.191 e. The maximum Gasteiger partial charge on any atom is 0.191 e. The molecule has 1 aromatic carbocycles. The Bertz CT molecular complexity index is 487. The number of benzene rings is 1. The number of nitrogens with two attached hydrogens (primary N) is 1. The molecule has 4 nitrogen and oxygen atoms in total. The van der Waals surface area contributed by atoms with Crippen molar-refractivity contribution in [2.45, 2.75) is 20.4 Å². The second-order valence-corrected chi connectivity index (χ2v) is 4.89. The van der Waals surface area contributed by atoms with E-state index in [1.54, 1.807) is 0 Å². The van der Waals surface area contributed by atoms with Gasteiger partial charge in [-0.05, 0) is 31.5 Å². The van der Waals surface area contributed by atoms with E-state index in [4.69, 9.17) is 5.73 Å². The Kier molecular flexibility index (Phi) is 7.56. The summed E-state index contributed by atoms with van der Waals surface area (Å²) in [5.74, 6) is 0.628. The second-order valence-electron chi connectivity index (χ2n) is 4.89. The molecule has 0 aromatic heterocycles. The normalized spacial score (nSPS) is 14.2. The highest BCUT2D eigenvalue weighted by Gasteiger charge is 2.08. The summed E-state index contributed by atoms with van der Waals surface area (Å²) >= 11 is 0. The predicted molar refractivity (Wildman–Crippen MR) is 101 cm³/mol. The van der Waals surface area contributed by atoms with E-state index in [-0.39, 0.29) is 24.0 Å². The lowest BCUT2D eigenvalue weighted by Crippen LogP contribution is -2.37. The Morgan fingerprint density at radius 2 is 1.90 bits per heavy atom. The molecule has 21 heavy (non-hydrogen) atoms. The molecule has 0 amide bonds. The Balaban J connectivity index is 0.00000220. The van der Waals surface area contributed by atoms with Crippen LogP contribution in [0.3, 0.4) is 0 Å². The first-order chi connectivity index (χ1) is 9.74. The van der Waals surface area contributed by atoms with E-state index in [0.717, 1.165) is 26.2 Å². The third-order valence-electron chi connectivity index (χ3n) is 3.61. The molecule has 2 N–H and O–H groups in total. The van der Waals surface area contributed by atoms with Gasteiger partial charge in [0.05, 0.1) is 6.54 Å². The second kappa shape index (κ2) is 8.92. The van der Waals surface area contributed by atoms with Gasteiger partial charge in [0, 0.05) is 31.9 Å². The molecule has 2 rings (SSSR count). The fourth-order valence-electron chi connectivity index (χ4n) is 2.36. The Morgan fingerprint density at radius 3 is 2.52 bits per heavy atom. The van der Waals surface area contributed by atoms with Crippen molar-refractivity contribution in [1.29, 1.82) is 0 Å². The summed E-state index contributed by atoms with van der Waals surface area (Å²) in [6.45, 7) is 8.59. The number of anilines is 1. The van der Waals surface area contributed by atoms with E-state index >= 15 is 0 Å². The summed E-state index contributed by atoms with van der Waals surface area (Å²) in [5, 5.41) is 0. The molecule has 0 saturated heterocycles. The standard InChI is InChI=1S/C16H24N4.HI/c1-3-19(4-2)16(17)18-13-14-8-7-9-15(12-14)20-10-5-6-11-20;/h5-9,12H,3-4,10-11,13H2,1-2H3,(H2,17,18);1H. The molecule has 0 aliphatic carbocycles. The molecule has 0 bridgehead atoms. The minimum absolute atomic E-state index is 0. The zero-order valence-corrected chi connectivity index (χ0v) is 15.2. The minimum Gasteiger partial charge on any atom is -0.370 e. The van der Waals surface area contributed by atoms with Crippen molar-refractivity contribution >= 4 is 35.6 Å². The van der Waals surface area contributed by atoms with Crippen LogP contribution in [-0.2, 0) is 6.54 Å². The van der Waals surface area contributed by atoms with Crippen LogP contribution in [0.25, 0.3) is 0 Å². The van der Waals surface area contributed by atoms with Crippen molar-refractivity contribution in [3.63, 3.8) is 0 Å². The SMILES string of the molecule is CCN(CC)C(N)=NCc1cccc(N2CC=CC2)c1.I. The van der Waals surface area contributed by atoms with E-state index < -0.39 is 0 Å². The lowest BCUT2D eigenvalue weighted by atomic mass is 10.2. The maximum absolute atomic E-state index is 6.00. The summed E-state index contributed by atoms with van der Waals surface area (Å²) in [5.41, 5.74) is 8.45. The fraction of sp³-hybridized carbons (Fsp3) is 0.438. The first kappa shape index (κ1) is 17.8. The molecule has 5 heteroatoms. The van der Waals surface area contributed by atoms with E-state index in [2.05, 4.69) is 65.1 Å². The molecule has 1 aliphatic heterocycles. The van der Waals surface area contributed by atoms with Gasteiger partial charge in [0.25, 0.3) is 0 Å². The summed E-state index contributed by atoms with van der Waals surface area (Å²) in [6.07, 6.45) is 4.40. The fourth-order valence-corrected chi connectivity index (χ4v) is 2.36. The number of halogens is 1. The highest BCUT2D eigenvalue weighted by atomic mass is 127. The minimum atomic E-state index is 0. The van der Waals surface area contributed by atoms with Crippen molar-refractivity contribution in [2.75, 3.05) is 31.1 Å².